The number of pyridine rings is 1. The van der Waals surface area contributed by atoms with Crippen LogP contribution in [0, 0.1) is 0 Å². The molecule has 0 bridgehead atoms. The standard InChI is InChI=1S/C25H24BN5O6S/c1-37-22-14-17(10-12-27-22)21-9-8-16-4-2-7-20(16)24(21)28-25(32)30-38(35,36)23-11-13-31(29-23)19-6-3-5-18(15-19)26(33)34/h3,5-6,8-15,33-34H,2,4,7H2,1H3,(H2,28,30,32). The summed E-state index contributed by atoms with van der Waals surface area (Å²) in [5, 5.41) is 25.2. The molecule has 2 heterocycles. The number of aromatic nitrogens is 3. The summed E-state index contributed by atoms with van der Waals surface area (Å²) < 4.78 is 34.5. The van der Waals surface area contributed by atoms with Gasteiger partial charge in [0.1, 0.15) is 0 Å². The van der Waals surface area contributed by atoms with E-state index < -0.39 is 23.2 Å². The van der Waals surface area contributed by atoms with Gasteiger partial charge in [0.05, 0.1) is 18.5 Å². The van der Waals surface area contributed by atoms with Gasteiger partial charge in [0.15, 0.2) is 5.03 Å². The maximum Gasteiger partial charge on any atom is 0.488 e. The van der Waals surface area contributed by atoms with E-state index in [9.17, 15) is 23.3 Å². The van der Waals surface area contributed by atoms with Gasteiger partial charge in [-0.1, -0.05) is 24.3 Å². The minimum Gasteiger partial charge on any atom is -0.481 e. The Morgan fingerprint density at radius 1 is 1.11 bits per heavy atom. The largest absolute Gasteiger partial charge is 0.488 e. The van der Waals surface area contributed by atoms with Crippen LogP contribution in [0.3, 0.4) is 0 Å². The van der Waals surface area contributed by atoms with Gasteiger partial charge in [-0.15, -0.1) is 0 Å². The van der Waals surface area contributed by atoms with Crippen molar-refractivity contribution in [2.24, 2.45) is 0 Å². The lowest BCUT2D eigenvalue weighted by atomic mass is 9.80. The lowest BCUT2D eigenvalue weighted by Crippen LogP contribution is -2.35. The second kappa shape index (κ2) is 10.3. The first-order valence-corrected chi connectivity index (χ1v) is 13.2. The highest BCUT2D eigenvalue weighted by atomic mass is 32.2. The molecule has 2 aromatic carbocycles. The first kappa shape index (κ1) is 25.5. The van der Waals surface area contributed by atoms with Crippen LogP contribution in [0.25, 0.3) is 16.8 Å². The number of fused-ring (bicyclic) bond motifs is 1. The van der Waals surface area contributed by atoms with E-state index in [0.29, 0.717) is 22.8 Å². The van der Waals surface area contributed by atoms with Crippen molar-refractivity contribution in [3.05, 3.63) is 78.1 Å². The van der Waals surface area contributed by atoms with Crippen molar-refractivity contribution in [2.75, 3.05) is 12.4 Å². The molecule has 0 radical (unpaired) electrons. The fourth-order valence-electron chi connectivity index (χ4n) is 4.47. The SMILES string of the molecule is COc1cc(-c2ccc3c(c2NC(=O)NS(=O)(=O)c2ccn(-c4cccc(B(O)O)c4)n2)CCC3)ccn1. The zero-order chi connectivity index (χ0) is 26.9. The van der Waals surface area contributed by atoms with Crippen LogP contribution in [-0.4, -0.2) is 53.5 Å². The smallest absolute Gasteiger partial charge is 0.481 e. The Morgan fingerprint density at radius 3 is 2.74 bits per heavy atom. The van der Waals surface area contributed by atoms with E-state index in [0.717, 1.165) is 36.0 Å². The molecular weight excluding hydrogens is 509 g/mol. The summed E-state index contributed by atoms with van der Waals surface area (Å²) in [5.74, 6) is 0.413. The average molecular weight is 533 g/mol. The summed E-state index contributed by atoms with van der Waals surface area (Å²) in [6.07, 6.45) is 5.55. The topological polar surface area (TPSA) is 156 Å². The van der Waals surface area contributed by atoms with Gasteiger partial charge in [-0.05, 0) is 65.7 Å². The minimum absolute atomic E-state index is 0.220. The predicted octanol–water partition coefficient (Wildman–Crippen LogP) is 1.62. The summed E-state index contributed by atoms with van der Waals surface area (Å²) in [4.78, 5) is 17.1. The molecule has 0 aliphatic heterocycles. The quantitative estimate of drug-likeness (QED) is 0.261. The molecule has 0 unspecified atom stereocenters. The Hall–Kier alpha value is -4.20. The van der Waals surface area contributed by atoms with E-state index in [4.69, 9.17) is 4.74 Å². The summed E-state index contributed by atoms with van der Waals surface area (Å²) in [5.41, 5.74) is 4.71. The third-order valence-electron chi connectivity index (χ3n) is 6.28. The highest BCUT2D eigenvalue weighted by Gasteiger charge is 2.25. The van der Waals surface area contributed by atoms with Crippen molar-refractivity contribution < 1.29 is 28.0 Å². The molecule has 2 amide bonds. The van der Waals surface area contributed by atoms with Crippen molar-refractivity contribution in [1.82, 2.24) is 19.5 Å². The molecule has 0 fully saturated rings. The molecule has 2 aromatic heterocycles. The van der Waals surface area contributed by atoms with Crippen molar-refractivity contribution in [3.63, 3.8) is 0 Å². The number of hydrogen-bond acceptors (Lipinski definition) is 8. The number of benzene rings is 2. The number of amides is 2. The number of carbonyl (C=O) groups excluding carboxylic acids is 1. The molecule has 0 saturated heterocycles. The third-order valence-corrected chi connectivity index (χ3v) is 7.50. The highest BCUT2D eigenvalue weighted by Crippen LogP contribution is 2.38. The second-order valence-corrected chi connectivity index (χ2v) is 10.3. The van der Waals surface area contributed by atoms with Crippen LogP contribution < -0.4 is 20.2 Å². The second-order valence-electron chi connectivity index (χ2n) is 8.69. The van der Waals surface area contributed by atoms with E-state index in [1.165, 1.54) is 36.2 Å². The van der Waals surface area contributed by atoms with Crippen LogP contribution in [0.1, 0.15) is 17.5 Å². The highest BCUT2D eigenvalue weighted by molar-refractivity contribution is 7.90. The minimum atomic E-state index is -4.32. The molecule has 194 valence electrons. The third kappa shape index (κ3) is 5.12. The maximum atomic E-state index is 13.0. The molecule has 11 nitrogen and oxygen atoms in total. The van der Waals surface area contributed by atoms with Crippen molar-refractivity contribution >= 4 is 34.3 Å². The number of nitrogens with one attached hydrogen (secondary N) is 2. The van der Waals surface area contributed by atoms with Gasteiger partial charge >= 0.3 is 13.1 Å². The molecule has 0 saturated carbocycles. The van der Waals surface area contributed by atoms with Gasteiger partial charge < -0.3 is 20.1 Å². The molecule has 0 spiro atoms. The Balaban J connectivity index is 1.40. The molecular formula is C25H24BN5O6S. The lowest BCUT2D eigenvalue weighted by molar-refractivity contribution is 0.256. The van der Waals surface area contributed by atoms with Crippen LogP contribution in [0.15, 0.2) is 72.0 Å². The van der Waals surface area contributed by atoms with E-state index in [1.54, 1.807) is 30.5 Å². The number of hydrogen-bond donors (Lipinski definition) is 4. The number of anilines is 1. The van der Waals surface area contributed by atoms with Gasteiger partial charge in [-0.3, -0.25) is 0 Å². The predicted molar refractivity (Wildman–Crippen MR) is 141 cm³/mol. The van der Waals surface area contributed by atoms with E-state index >= 15 is 0 Å². The average Bonchev–Trinajstić information content (AvgIpc) is 3.59. The van der Waals surface area contributed by atoms with Crippen LogP contribution in [0.2, 0.25) is 0 Å². The molecule has 4 aromatic rings. The maximum absolute atomic E-state index is 13.0. The number of methoxy groups -OCH3 is 1. The number of carbonyl (C=O) groups is 1. The molecule has 1 aliphatic carbocycles. The molecule has 13 heteroatoms. The van der Waals surface area contributed by atoms with Gasteiger partial charge in [-0.25, -0.2) is 19.2 Å². The van der Waals surface area contributed by atoms with Crippen LogP contribution in [0.4, 0.5) is 10.5 Å². The first-order valence-electron chi connectivity index (χ1n) is 11.8. The van der Waals surface area contributed by atoms with Gasteiger partial charge in [0, 0.05) is 24.0 Å². The zero-order valence-corrected chi connectivity index (χ0v) is 21.1. The fraction of sp³-hybridized carbons (Fsp3) is 0.160. The van der Waals surface area contributed by atoms with E-state index in [-0.39, 0.29) is 10.5 Å². The van der Waals surface area contributed by atoms with Gasteiger partial charge in [-0.2, -0.15) is 13.5 Å². The molecule has 0 atom stereocenters. The number of ether oxygens (including phenoxy) is 1. The monoisotopic (exact) mass is 533 g/mol. The van der Waals surface area contributed by atoms with Gasteiger partial charge in [0.25, 0.3) is 10.0 Å². The summed E-state index contributed by atoms with van der Waals surface area (Å²) in [6.45, 7) is 0. The number of rotatable bonds is 7. The molecule has 1 aliphatic rings. The summed E-state index contributed by atoms with van der Waals surface area (Å²) in [7, 11) is -4.49. The lowest BCUT2D eigenvalue weighted by Gasteiger charge is -2.17. The zero-order valence-electron chi connectivity index (χ0n) is 20.3. The van der Waals surface area contributed by atoms with Gasteiger partial charge in [0.2, 0.25) is 5.88 Å². The Labute approximate surface area is 219 Å². The van der Waals surface area contributed by atoms with Crippen molar-refractivity contribution in [3.8, 4) is 22.7 Å². The Bertz CT molecular complexity index is 1620. The van der Waals surface area contributed by atoms with Crippen LogP contribution >= 0.6 is 0 Å². The van der Waals surface area contributed by atoms with Crippen LogP contribution in [-0.2, 0) is 22.9 Å². The Kier molecular flexibility index (Phi) is 6.89. The number of urea groups is 1. The molecule has 4 N–H and O–H groups in total. The fourth-order valence-corrected chi connectivity index (χ4v) is 5.31. The number of aryl methyl sites for hydroxylation is 1. The first-order chi connectivity index (χ1) is 18.2. The molecule has 38 heavy (non-hydrogen) atoms. The number of sulfonamides is 1. The van der Waals surface area contributed by atoms with E-state index in [1.807, 2.05) is 16.9 Å². The van der Waals surface area contributed by atoms with Crippen LogP contribution in [0.5, 0.6) is 5.88 Å². The number of nitrogens with zero attached hydrogens (tertiary/aromatic N) is 3. The summed E-state index contributed by atoms with van der Waals surface area (Å²) in [6, 6.07) is 13.9. The Morgan fingerprint density at radius 2 is 1.95 bits per heavy atom. The van der Waals surface area contributed by atoms with Crippen molar-refractivity contribution in [2.45, 2.75) is 24.3 Å². The molecule has 5 rings (SSSR count). The summed E-state index contributed by atoms with van der Waals surface area (Å²) >= 11 is 0. The van der Waals surface area contributed by atoms with Crippen molar-refractivity contribution in [1.29, 1.82) is 0 Å². The normalized spacial score (nSPS) is 12.6. The van der Waals surface area contributed by atoms with E-state index in [2.05, 4.69) is 15.4 Å².